The maximum atomic E-state index is 5.78. The summed E-state index contributed by atoms with van der Waals surface area (Å²) in [5.41, 5.74) is 2.35. The molecule has 4 heteroatoms. The van der Waals surface area contributed by atoms with Crippen LogP contribution in [0.1, 0.15) is 11.1 Å². The molecule has 0 radical (unpaired) electrons. The molecule has 0 N–H and O–H groups in total. The minimum Gasteiger partial charge on any atom is -0.455 e. The predicted molar refractivity (Wildman–Crippen MR) is 75.8 cm³/mol. The van der Waals surface area contributed by atoms with Crippen molar-refractivity contribution in [3.63, 3.8) is 0 Å². The molecule has 0 saturated heterocycles. The van der Waals surface area contributed by atoms with Crippen molar-refractivity contribution in [1.82, 2.24) is 4.98 Å². The summed E-state index contributed by atoms with van der Waals surface area (Å²) in [6.07, 6.45) is 3.43. The molecule has 0 atom stereocenters. The third-order valence-electron chi connectivity index (χ3n) is 2.30. The first-order chi connectivity index (χ1) is 8.19. The molecule has 1 aromatic carbocycles. The molecule has 88 valence electrons. The molecule has 2 aromatic rings. The predicted octanol–water partition coefficient (Wildman–Crippen LogP) is 4.84. The van der Waals surface area contributed by atoms with Crippen molar-refractivity contribution in [3.05, 3.63) is 52.3 Å². The quantitative estimate of drug-likeness (QED) is 0.734. The van der Waals surface area contributed by atoms with Gasteiger partial charge in [0.15, 0.2) is 0 Å². The van der Waals surface area contributed by atoms with E-state index in [2.05, 4.69) is 42.9 Å². The van der Waals surface area contributed by atoms with E-state index in [0.29, 0.717) is 0 Å². The van der Waals surface area contributed by atoms with E-state index >= 15 is 0 Å². The molecule has 0 fully saturated rings. The van der Waals surface area contributed by atoms with Crippen LogP contribution in [0.15, 0.2) is 41.1 Å². The van der Waals surface area contributed by atoms with Crippen molar-refractivity contribution >= 4 is 31.9 Å². The lowest BCUT2D eigenvalue weighted by Gasteiger charge is -2.09. The molecule has 0 spiro atoms. The van der Waals surface area contributed by atoms with Crippen LogP contribution in [0.5, 0.6) is 11.5 Å². The molecule has 2 nitrogen and oxygen atoms in total. The molecule has 2 rings (SSSR count). The van der Waals surface area contributed by atoms with Crippen molar-refractivity contribution in [2.24, 2.45) is 0 Å². The summed E-state index contributed by atoms with van der Waals surface area (Å²) >= 11 is 6.80. The number of alkyl halides is 1. The van der Waals surface area contributed by atoms with Crippen molar-refractivity contribution < 1.29 is 4.74 Å². The summed E-state index contributed by atoms with van der Waals surface area (Å²) in [6, 6.07) is 8.02. The second-order valence-electron chi connectivity index (χ2n) is 3.67. The van der Waals surface area contributed by atoms with Gasteiger partial charge in [-0.2, -0.15) is 0 Å². The van der Waals surface area contributed by atoms with E-state index in [4.69, 9.17) is 4.74 Å². The molecule has 0 aliphatic carbocycles. The van der Waals surface area contributed by atoms with Crippen LogP contribution in [0.3, 0.4) is 0 Å². The number of hydrogen-bond acceptors (Lipinski definition) is 2. The first-order valence-corrected chi connectivity index (χ1v) is 7.04. The van der Waals surface area contributed by atoms with Gasteiger partial charge in [-0.3, -0.25) is 4.98 Å². The van der Waals surface area contributed by atoms with Crippen molar-refractivity contribution in [2.75, 3.05) is 0 Å². The first kappa shape index (κ1) is 12.6. The minimum atomic E-state index is 0.731. The lowest BCUT2D eigenvalue weighted by atomic mass is 10.1. The Morgan fingerprint density at radius 1 is 1.24 bits per heavy atom. The van der Waals surface area contributed by atoms with Crippen molar-refractivity contribution in [3.8, 4) is 11.5 Å². The molecule has 0 aliphatic heterocycles. The number of halogens is 2. The Balaban J connectivity index is 2.24. The monoisotopic (exact) mass is 355 g/mol. The van der Waals surface area contributed by atoms with Gasteiger partial charge in [0, 0.05) is 16.0 Å². The Hall–Kier alpha value is -0.870. The zero-order valence-corrected chi connectivity index (χ0v) is 12.5. The highest BCUT2D eigenvalue weighted by atomic mass is 79.9. The summed E-state index contributed by atoms with van der Waals surface area (Å²) < 4.78 is 6.69. The van der Waals surface area contributed by atoms with Crippen LogP contribution >= 0.6 is 31.9 Å². The Morgan fingerprint density at radius 3 is 2.71 bits per heavy atom. The lowest BCUT2D eigenvalue weighted by Crippen LogP contribution is -1.89. The number of aryl methyl sites for hydroxylation is 1. The van der Waals surface area contributed by atoms with Gasteiger partial charge in [-0.25, -0.2) is 0 Å². The van der Waals surface area contributed by atoms with Crippen LogP contribution in [-0.2, 0) is 5.33 Å². The fraction of sp³-hybridized carbons (Fsp3) is 0.154. The number of hydrogen-bond donors (Lipinski definition) is 0. The fourth-order valence-electron chi connectivity index (χ4n) is 1.48. The van der Waals surface area contributed by atoms with Gasteiger partial charge in [-0.15, -0.1) is 0 Å². The van der Waals surface area contributed by atoms with E-state index in [1.54, 1.807) is 12.4 Å². The van der Waals surface area contributed by atoms with E-state index < -0.39 is 0 Å². The topological polar surface area (TPSA) is 22.1 Å². The highest BCUT2D eigenvalue weighted by Crippen LogP contribution is 2.27. The van der Waals surface area contributed by atoms with E-state index in [9.17, 15) is 0 Å². The Labute approximate surface area is 117 Å². The summed E-state index contributed by atoms with van der Waals surface area (Å²) in [6.45, 7) is 2.03. The molecule has 0 saturated carbocycles. The largest absolute Gasteiger partial charge is 0.455 e. The molecule has 17 heavy (non-hydrogen) atoms. The van der Waals surface area contributed by atoms with E-state index in [0.717, 1.165) is 26.9 Å². The summed E-state index contributed by atoms with van der Waals surface area (Å²) in [5.74, 6) is 1.59. The van der Waals surface area contributed by atoms with Crippen LogP contribution in [-0.4, -0.2) is 4.98 Å². The summed E-state index contributed by atoms with van der Waals surface area (Å²) in [5, 5.41) is 0.854. The van der Waals surface area contributed by atoms with E-state index in [1.165, 1.54) is 5.56 Å². The maximum Gasteiger partial charge on any atom is 0.146 e. The van der Waals surface area contributed by atoms with E-state index in [-0.39, 0.29) is 0 Å². The van der Waals surface area contributed by atoms with Gasteiger partial charge in [-0.05, 0) is 46.1 Å². The number of pyridine rings is 1. The third kappa shape index (κ3) is 3.30. The molecular formula is C13H11Br2NO. The average Bonchev–Trinajstić information content (AvgIpc) is 2.32. The highest BCUT2D eigenvalue weighted by Gasteiger charge is 2.03. The number of rotatable bonds is 3. The molecule has 0 aliphatic rings. The zero-order chi connectivity index (χ0) is 12.3. The Bertz CT molecular complexity index is 529. The van der Waals surface area contributed by atoms with Gasteiger partial charge in [0.25, 0.3) is 0 Å². The van der Waals surface area contributed by atoms with Gasteiger partial charge in [0.05, 0.1) is 6.20 Å². The zero-order valence-electron chi connectivity index (χ0n) is 9.28. The van der Waals surface area contributed by atoms with Crippen LogP contribution in [0.2, 0.25) is 0 Å². The molecule has 0 amide bonds. The van der Waals surface area contributed by atoms with Gasteiger partial charge in [0.1, 0.15) is 11.5 Å². The van der Waals surface area contributed by atoms with Crippen LogP contribution in [0, 0.1) is 6.92 Å². The SMILES string of the molecule is Cc1cc(CBr)ccc1Oc1cncc(Br)c1. The molecule has 0 unspecified atom stereocenters. The number of aromatic nitrogens is 1. The smallest absolute Gasteiger partial charge is 0.146 e. The van der Waals surface area contributed by atoms with Gasteiger partial charge < -0.3 is 4.74 Å². The van der Waals surface area contributed by atoms with Gasteiger partial charge in [-0.1, -0.05) is 28.1 Å². The molecular weight excluding hydrogens is 346 g/mol. The Kier molecular flexibility index (Phi) is 4.18. The van der Waals surface area contributed by atoms with Crippen molar-refractivity contribution in [2.45, 2.75) is 12.3 Å². The number of benzene rings is 1. The number of nitrogens with zero attached hydrogens (tertiary/aromatic N) is 1. The fourth-order valence-corrected chi connectivity index (χ4v) is 2.18. The Morgan fingerprint density at radius 2 is 2.06 bits per heavy atom. The van der Waals surface area contributed by atoms with Crippen LogP contribution < -0.4 is 4.74 Å². The van der Waals surface area contributed by atoms with Gasteiger partial charge >= 0.3 is 0 Å². The van der Waals surface area contributed by atoms with Crippen LogP contribution in [0.25, 0.3) is 0 Å². The molecule has 1 heterocycles. The summed E-state index contributed by atoms with van der Waals surface area (Å²) in [4.78, 5) is 4.06. The van der Waals surface area contributed by atoms with E-state index in [1.807, 2.05) is 25.1 Å². The first-order valence-electron chi connectivity index (χ1n) is 5.13. The highest BCUT2D eigenvalue weighted by molar-refractivity contribution is 9.10. The van der Waals surface area contributed by atoms with Crippen molar-refractivity contribution in [1.29, 1.82) is 0 Å². The normalized spacial score (nSPS) is 10.3. The number of ether oxygens (including phenoxy) is 1. The summed E-state index contributed by atoms with van der Waals surface area (Å²) in [7, 11) is 0. The molecule has 0 bridgehead atoms. The van der Waals surface area contributed by atoms with Gasteiger partial charge in [0.2, 0.25) is 0 Å². The maximum absolute atomic E-state index is 5.78. The standard InChI is InChI=1S/C13H11Br2NO/c1-9-4-10(6-14)2-3-13(9)17-12-5-11(15)7-16-8-12/h2-5,7-8H,6H2,1H3. The third-order valence-corrected chi connectivity index (χ3v) is 3.38. The molecule has 1 aromatic heterocycles. The second kappa shape index (κ2) is 5.65. The average molecular weight is 357 g/mol. The second-order valence-corrected chi connectivity index (χ2v) is 5.15. The minimum absolute atomic E-state index is 0.731. The lowest BCUT2D eigenvalue weighted by molar-refractivity contribution is 0.476. The van der Waals surface area contributed by atoms with Crippen LogP contribution in [0.4, 0.5) is 0 Å².